The molecule has 1 unspecified atom stereocenters. The van der Waals surface area contributed by atoms with Gasteiger partial charge in [-0.05, 0) is 50.1 Å². The van der Waals surface area contributed by atoms with E-state index in [9.17, 15) is 18.0 Å². The number of hydrogen-bond donors (Lipinski definition) is 1. The minimum Gasteiger partial charge on any atom is -0.462 e. The molecule has 0 amide bonds. The summed E-state index contributed by atoms with van der Waals surface area (Å²) in [5.41, 5.74) is 2.11. The maximum absolute atomic E-state index is 12.6. The molecular formula is C28H37N3O7S. The fraction of sp³-hybridized carbons (Fsp3) is 0.464. The summed E-state index contributed by atoms with van der Waals surface area (Å²) in [6.07, 6.45) is 7.90. The van der Waals surface area contributed by atoms with Crippen molar-refractivity contribution < 1.29 is 32.3 Å². The van der Waals surface area contributed by atoms with Gasteiger partial charge in [0, 0.05) is 29.7 Å². The number of aromatic nitrogens is 1. The van der Waals surface area contributed by atoms with Crippen LogP contribution in [0.25, 0.3) is 6.08 Å². The van der Waals surface area contributed by atoms with E-state index in [4.69, 9.17) is 14.3 Å². The third-order valence-electron chi connectivity index (χ3n) is 6.12. The van der Waals surface area contributed by atoms with Crippen LogP contribution in [0.1, 0.15) is 70.2 Å². The SMILES string of the molecule is CCCCCOCCOC(=O)C(C)n1cccc1C=C1C(=O)ON=C1c1ccc(NS(=O)(=O)CCCC)cc1. The number of carbonyl (C=O) groups is 2. The second kappa shape index (κ2) is 14.6. The van der Waals surface area contributed by atoms with Crippen LogP contribution in [-0.2, 0) is 33.9 Å². The average molecular weight is 560 g/mol. The quantitative estimate of drug-likeness (QED) is 0.137. The van der Waals surface area contributed by atoms with Crippen LogP contribution in [0.3, 0.4) is 0 Å². The number of benzene rings is 1. The van der Waals surface area contributed by atoms with Crippen LogP contribution in [0.4, 0.5) is 5.69 Å². The summed E-state index contributed by atoms with van der Waals surface area (Å²) < 4.78 is 39.5. The molecule has 0 aliphatic carbocycles. The normalized spacial score (nSPS) is 15.2. The van der Waals surface area contributed by atoms with Gasteiger partial charge in [-0.1, -0.05) is 50.4 Å². The number of hydrogen-bond acceptors (Lipinski definition) is 8. The number of sulfonamides is 1. The van der Waals surface area contributed by atoms with Crippen molar-refractivity contribution in [2.75, 3.05) is 30.3 Å². The summed E-state index contributed by atoms with van der Waals surface area (Å²) in [6, 6.07) is 9.44. The predicted octanol–water partition coefficient (Wildman–Crippen LogP) is 4.69. The van der Waals surface area contributed by atoms with Crippen LogP contribution in [-0.4, -0.2) is 56.2 Å². The first kappa shape index (κ1) is 30.1. The largest absolute Gasteiger partial charge is 0.462 e. The molecule has 0 saturated carbocycles. The summed E-state index contributed by atoms with van der Waals surface area (Å²) in [7, 11) is -3.43. The molecule has 2 heterocycles. The summed E-state index contributed by atoms with van der Waals surface area (Å²) in [5, 5.41) is 3.93. The van der Waals surface area contributed by atoms with Crippen molar-refractivity contribution in [3.63, 3.8) is 0 Å². The Bertz CT molecular complexity index is 1280. The van der Waals surface area contributed by atoms with E-state index in [0.29, 0.717) is 42.3 Å². The van der Waals surface area contributed by atoms with Crippen LogP contribution in [0.2, 0.25) is 0 Å². The van der Waals surface area contributed by atoms with Crippen molar-refractivity contribution in [3.8, 4) is 0 Å². The van der Waals surface area contributed by atoms with E-state index < -0.39 is 28.0 Å². The molecule has 0 fully saturated rings. The molecule has 1 aromatic heterocycles. The van der Waals surface area contributed by atoms with Gasteiger partial charge < -0.3 is 18.9 Å². The Morgan fingerprint density at radius 2 is 1.82 bits per heavy atom. The molecule has 1 aliphatic heterocycles. The van der Waals surface area contributed by atoms with E-state index in [1.807, 2.05) is 6.92 Å². The Morgan fingerprint density at radius 1 is 1.08 bits per heavy atom. The van der Waals surface area contributed by atoms with Gasteiger partial charge in [0.15, 0.2) is 0 Å². The molecule has 0 bridgehead atoms. The van der Waals surface area contributed by atoms with Gasteiger partial charge in [-0.25, -0.2) is 18.0 Å². The molecule has 2 aromatic rings. The number of nitrogens with one attached hydrogen (secondary N) is 1. The van der Waals surface area contributed by atoms with Gasteiger partial charge in [0.05, 0.1) is 17.9 Å². The van der Waals surface area contributed by atoms with Crippen LogP contribution in [0.15, 0.2) is 53.3 Å². The lowest BCUT2D eigenvalue weighted by Crippen LogP contribution is -2.21. The van der Waals surface area contributed by atoms with E-state index in [2.05, 4.69) is 16.8 Å². The maximum atomic E-state index is 12.6. The van der Waals surface area contributed by atoms with Crippen molar-refractivity contribution >= 4 is 39.4 Å². The van der Waals surface area contributed by atoms with Crippen molar-refractivity contribution in [2.24, 2.45) is 5.16 Å². The lowest BCUT2D eigenvalue weighted by Gasteiger charge is -2.16. The Hall–Kier alpha value is -3.44. The van der Waals surface area contributed by atoms with Gasteiger partial charge in [-0.15, -0.1) is 0 Å². The van der Waals surface area contributed by atoms with E-state index in [1.54, 1.807) is 60.2 Å². The number of oxime groups is 1. The van der Waals surface area contributed by atoms with Gasteiger partial charge in [0.2, 0.25) is 10.0 Å². The monoisotopic (exact) mass is 559 g/mol. The number of anilines is 1. The second-order valence-corrected chi connectivity index (χ2v) is 11.1. The fourth-order valence-corrected chi connectivity index (χ4v) is 5.17. The third kappa shape index (κ3) is 8.79. The first-order valence-electron chi connectivity index (χ1n) is 13.3. The van der Waals surface area contributed by atoms with E-state index in [-0.39, 0.29) is 17.9 Å². The van der Waals surface area contributed by atoms with E-state index in [1.165, 1.54) is 0 Å². The lowest BCUT2D eigenvalue weighted by molar-refractivity contribution is -0.148. The first-order chi connectivity index (χ1) is 18.8. The highest BCUT2D eigenvalue weighted by molar-refractivity contribution is 7.92. The van der Waals surface area contributed by atoms with Gasteiger partial charge >= 0.3 is 11.9 Å². The van der Waals surface area contributed by atoms with Crippen LogP contribution in [0, 0.1) is 0 Å². The summed E-state index contributed by atoms with van der Waals surface area (Å²) in [4.78, 5) is 30.1. The van der Waals surface area contributed by atoms with E-state index in [0.717, 1.165) is 25.7 Å². The van der Waals surface area contributed by atoms with E-state index >= 15 is 0 Å². The first-order valence-corrected chi connectivity index (χ1v) is 14.9. The highest BCUT2D eigenvalue weighted by atomic mass is 32.2. The van der Waals surface area contributed by atoms with Gasteiger partial charge in [-0.3, -0.25) is 4.72 Å². The molecule has 1 atom stereocenters. The number of nitrogens with zero attached hydrogens (tertiary/aromatic N) is 2. The Morgan fingerprint density at radius 3 is 2.54 bits per heavy atom. The molecule has 212 valence electrons. The number of esters is 1. The Labute approximate surface area is 230 Å². The number of rotatable bonds is 16. The standard InChI is InChI=1S/C28H37N3O7S/c1-4-6-8-16-36-17-18-37-27(32)21(3)31-15-9-10-24(31)20-25-26(29-38-28(25)33)22-11-13-23(14-12-22)30-39(34,35)19-7-5-2/h9-15,20-21,30H,4-8,16-19H2,1-3H3. The van der Waals surface area contributed by atoms with Gasteiger partial charge in [0.25, 0.3) is 0 Å². The Kier molecular flexibility index (Phi) is 11.3. The predicted molar refractivity (Wildman–Crippen MR) is 150 cm³/mol. The summed E-state index contributed by atoms with van der Waals surface area (Å²) in [6.45, 7) is 6.93. The highest BCUT2D eigenvalue weighted by Gasteiger charge is 2.28. The minimum atomic E-state index is -3.43. The average Bonchev–Trinajstić information content (AvgIpc) is 3.53. The molecule has 0 radical (unpaired) electrons. The summed E-state index contributed by atoms with van der Waals surface area (Å²) >= 11 is 0. The zero-order valence-electron chi connectivity index (χ0n) is 22.7. The molecule has 0 spiro atoms. The Balaban J connectivity index is 1.67. The van der Waals surface area contributed by atoms with Crippen molar-refractivity contribution in [1.82, 2.24) is 4.57 Å². The second-order valence-electron chi connectivity index (χ2n) is 9.23. The molecule has 1 aliphatic rings. The van der Waals surface area contributed by atoms with Gasteiger partial charge in [0.1, 0.15) is 18.4 Å². The van der Waals surface area contributed by atoms with Gasteiger partial charge in [-0.2, -0.15) is 0 Å². The molecular weight excluding hydrogens is 522 g/mol. The highest BCUT2D eigenvalue weighted by Crippen LogP contribution is 2.24. The zero-order chi connectivity index (χ0) is 28.3. The molecule has 1 N–H and O–H groups in total. The zero-order valence-corrected chi connectivity index (χ0v) is 23.5. The van der Waals surface area contributed by atoms with Crippen LogP contribution in [0.5, 0.6) is 0 Å². The minimum absolute atomic E-state index is 0.0472. The molecule has 3 rings (SSSR count). The fourth-order valence-electron chi connectivity index (χ4n) is 3.90. The third-order valence-corrected chi connectivity index (χ3v) is 7.49. The van der Waals surface area contributed by atoms with Crippen LogP contribution >= 0.6 is 0 Å². The molecule has 11 heteroatoms. The molecule has 0 saturated heterocycles. The molecule has 1 aromatic carbocycles. The summed E-state index contributed by atoms with van der Waals surface area (Å²) in [5.74, 6) is -0.994. The number of unbranched alkanes of at least 4 members (excludes halogenated alkanes) is 3. The maximum Gasteiger partial charge on any atom is 0.368 e. The van der Waals surface area contributed by atoms with Crippen LogP contribution < -0.4 is 4.72 Å². The lowest BCUT2D eigenvalue weighted by atomic mass is 10.0. The number of ether oxygens (including phenoxy) is 2. The number of carbonyl (C=O) groups excluding carboxylic acids is 2. The molecule has 39 heavy (non-hydrogen) atoms. The van der Waals surface area contributed by atoms with Crippen molar-refractivity contribution in [2.45, 2.75) is 58.9 Å². The van der Waals surface area contributed by atoms with Crippen molar-refractivity contribution in [3.05, 3.63) is 59.4 Å². The topological polar surface area (TPSA) is 125 Å². The van der Waals surface area contributed by atoms with Crippen molar-refractivity contribution in [1.29, 1.82) is 0 Å². The molecule has 10 nitrogen and oxygen atoms in total. The smallest absolute Gasteiger partial charge is 0.368 e.